The predicted octanol–water partition coefficient (Wildman–Crippen LogP) is 1.74. The SMILES string of the molecule is CCC(=O)NCCNC(=O)c1c(F)cccc1Cl. The second-order valence-electron chi connectivity index (χ2n) is 3.56. The van der Waals surface area contributed by atoms with Crippen LogP contribution in [0.15, 0.2) is 18.2 Å². The molecule has 4 nitrogen and oxygen atoms in total. The molecule has 0 bridgehead atoms. The van der Waals surface area contributed by atoms with Crippen LogP contribution in [0.3, 0.4) is 0 Å². The molecular formula is C12H14ClFN2O2. The van der Waals surface area contributed by atoms with Gasteiger partial charge in [-0.1, -0.05) is 24.6 Å². The molecule has 0 unspecified atom stereocenters. The molecule has 0 spiro atoms. The molecule has 18 heavy (non-hydrogen) atoms. The zero-order valence-corrected chi connectivity index (χ0v) is 10.7. The molecule has 0 atom stereocenters. The van der Waals surface area contributed by atoms with Gasteiger partial charge in [-0.25, -0.2) is 4.39 Å². The van der Waals surface area contributed by atoms with Crippen LogP contribution in [0.4, 0.5) is 4.39 Å². The summed E-state index contributed by atoms with van der Waals surface area (Å²) in [5, 5.41) is 5.13. The van der Waals surface area contributed by atoms with Crippen molar-refractivity contribution in [1.82, 2.24) is 10.6 Å². The van der Waals surface area contributed by atoms with Gasteiger partial charge in [0.2, 0.25) is 5.91 Å². The van der Waals surface area contributed by atoms with Crippen LogP contribution >= 0.6 is 11.6 Å². The Morgan fingerprint density at radius 1 is 1.28 bits per heavy atom. The van der Waals surface area contributed by atoms with Crippen LogP contribution in [-0.2, 0) is 4.79 Å². The lowest BCUT2D eigenvalue weighted by atomic mass is 10.2. The minimum absolute atomic E-state index is 0.0603. The lowest BCUT2D eigenvalue weighted by Gasteiger charge is -2.08. The van der Waals surface area contributed by atoms with Gasteiger partial charge in [-0.2, -0.15) is 0 Å². The normalized spacial score (nSPS) is 9.94. The number of halogens is 2. The third kappa shape index (κ3) is 4.00. The van der Waals surface area contributed by atoms with Crippen molar-refractivity contribution >= 4 is 23.4 Å². The number of hydrogen-bond donors (Lipinski definition) is 2. The van der Waals surface area contributed by atoms with E-state index < -0.39 is 11.7 Å². The molecular weight excluding hydrogens is 259 g/mol. The quantitative estimate of drug-likeness (QED) is 0.802. The maximum Gasteiger partial charge on any atom is 0.255 e. The van der Waals surface area contributed by atoms with Crippen molar-refractivity contribution in [2.75, 3.05) is 13.1 Å². The summed E-state index contributed by atoms with van der Waals surface area (Å²) in [6.07, 6.45) is 0.382. The van der Waals surface area contributed by atoms with Gasteiger partial charge >= 0.3 is 0 Å². The van der Waals surface area contributed by atoms with E-state index in [0.717, 1.165) is 0 Å². The lowest BCUT2D eigenvalue weighted by Crippen LogP contribution is -2.34. The minimum atomic E-state index is -0.669. The Bertz CT molecular complexity index is 431. The van der Waals surface area contributed by atoms with E-state index in [1.807, 2.05) is 0 Å². The average molecular weight is 273 g/mol. The van der Waals surface area contributed by atoms with Gasteiger partial charge < -0.3 is 10.6 Å². The first-order chi connectivity index (χ1) is 8.56. The molecule has 1 rings (SSSR count). The highest BCUT2D eigenvalue weighted by Crippen LogP contribution is 2.18. The van der Waals surface area contributed by atoms with E-state index in [1.54, 1.807) is 6.92 Å². The Labute approximate surface area is 110 Å². The van der Waals surface area contributed by atoms with Crippen LogP contribution < -0.4 is 10.6 Å². The van der Waals surface area contributed by atoms with Crippen molar-refractivity contribution in [3.63, 3.8) is 0 Å². The second-order valence-corrected chi connectivity index (χ2v) is 3.96. The summed E-state index contributed by atoms with van der Waals surface area (Å²) in [5.74, 6) is -1.37. The number of carbonyl (C=O) groups is 2. The number of nitrogens with one attached hydrogen (secondary N) is 2. The van der Waals surface area contributed by atoms with E-state index in [9.17, 15) is 14.0 Å². The molecule has 2 amide bonds. The molecule has 1 aromatic carbocycles. The molecule has 0 aliphatic heterocycles. The van der Waals surface area contributed by atoms with Gasteiger partial charge in [0.05, 0.1) is 10.6 Å². The lowest BCUT2D eigenvalue weighted by molar-refractivity contribution is -0.120. The third-order valence-corrected chi connectivity index (χ3v) is 2.56. The molecule has 0 saturated carbocycles. The maximum atomic E-state index is 13.4. The summed E-state index contributed by atoms with van der Waals surface area (Å²) in [7, 11) is 0. The number of benzene rings is 1. The standard InChI is InChI=1S/C12H14ClFN2O2/c1-2-10(17)15-6-7-16-12(18)11-8(13)4-3-5-9(11)14/h3-5H,2,6-7H2,1H3,(H,15,17)(H,16,18). The van der Waals surface area contributed by atoms with Gasteiger partial charge in [-0.3, -0.25) is 9.59 Å². The van der Waals surface area contributed by atoms with Crippen LogP contribution in [0, 0.1) is 5.82 Å². The number of hydrogen-bond acceptors (Lipinski definition) is 2. The number of carbonyl (C=O) groups excluding carboxylic acids is 2. The van der Waals surface area contributed by atoms with Crippen molar-refractivity contribution in [3.05, 3.63) is 34.6 Å². The van der Waals surface area contributed by atoms with Crippen molar-refractivity contribution < 1.29 is 14.0 Å². The number of amides is 2. The van der Waals surface area contributed by atoms with Gasteiger partial charge in [-0.15, -0.1) is 0 Å². The summed E-state index contributed by atoms with van der Waals surface area (Å²) in [6.45, 7) is 2.24. The Kier molecular flexibility index (Phi) is 5.58. The summed E-state index contributed by atoms with van der Waals surface area (Å²) in [6, 6.07) is 4.04. The van der Waals surface area contributed by atoms with Crippen molar-refractivity contribution in [2.24, 2.45) is 0 Å². The smallest absolute Gasteiger partial charge is 0.255 e. The molecule has 98 valence electrons. The van der Waals surface area contributed by atoms with Gasteiger partial charge in [0.15, 0.2) is 0 Å². The van der Waals surface area contributed by atoms with E-state index >= 15 is 0 Å². The van der Waals surface area contributed by atoms with Crippen molar-refractivity contribution in [3.8, 4) is 0 Å². The highest BCUT2D eigenvalue weighted by atomic mass is 35.5. The van der Waals surface area contributed by atoms with E-state index in [4.69, 9.17) is 11.6 Å². The highest BCUT2D eigenvalue weighted by molar-refractivity contribution is 6.33. The van der Waals surface area contributed by atoms with E-state index in [-0.39, 0.29) is 23.0 Å². The molecule has 0 aliphatic carbocycles. The molecule has 0 radical (unpaired) electrons. The Morgan fingerprint density at radius 2 is 1.94 bits per heavy atom. The first-order valence-electron chi connectivity index (χ1n) is 5.55. The summed E-state index contributed by atoms with van der Waals surface area (Å²) in [4.78, 5) is 22.6. The monoisotopic (exact) mass is 272 g/mol. The fourth-order valence-corrected chi connectivity index (χ4v) is 1.55. The average Bonchev–Trinajstić information content (AvgIpc) is 2.34. The van der Waals surface area contributed by atoms with Gasteiger partial charge in [0.1, 0.15) is 5.82 Å². The van der Waals surface area contributed by atoms with Gasteiger partial charge in [-0.05, 0) is 12.1 Å². The maximum absolute atomic E-state index is 13.4. The first kappa shape index (κ1) is 14.4. The summed E-state index contributed by atoms with van der Waals surface area (Å²) < 4.78 is 13.4. The van der Waals surface area contributed by atoms with Crippen LogP contribution in [-0.4, -0.2) is 24.9 Å². The Hall–Kier alpha value is -1.62. The van der Waals surface area contributed by atoms with Crippen molar-refractivity contribution in [1.29, 1.82) is 0 Å². The Morgan fingerprint density at radius 3 is 2.56 bits per heavy atom. The van der Waals surface area contributed by atoms with Gasteiger partial charge in [0.25, 0.3) is 5.91 Å². The van der Waals surface area contributed by atoms with E-state index in [1.165, 1.54) is 18.2 Å². The fourth-order valence-electron chi connectivity index (χ4n) is 1.31. The molecule has 0 aromatic heterocycles. The predicted molar refractivity (Wildman–Crippen MR) is 67.0 cm³/mol. The van der Waals surface area contributed by atoms with E-state index in [2.05, 4.69) is 10.6 Å². The molecule has 0 saturated heterocycles. The van der Waals surface area contributed by atoms with E-state index in [0.29, 0.717) is 13.0 Å². The highest BCUT2D eigenvalue weighted by Gasteiger charge is 2.14. The van der Waals surface area contributed by atoms with Crippen LogP contribution in [0.25, 0.3) is 0 Å². The topological polar surface area (TPSA) is 58.2 Å². The Balaban J connectivity index is 2.49. The largest absolute Gasteiger partial charge is 0.354 e. The minimum Gasteiger partial charge on any atom is -0.354 e. The van der Waals surface area contributed by atoms with Gasteiger partial charge in [0, 0.05) is 19.5 Å². The molecule has 6 heteroatoms. The van der Waals surface area contributed by atoms with Crippen LogP contribution in [0.1, 0.15) is 23.7 Å². The van der Waals surface area contributed by atoms with Crippen molar-refractivity contribution in [2.45, 2.75) is 13.3 Å². The fraction of sp³-hybridized carbons (Fsp3) is 0.333. The van der Waals surface area contributed by atoms with Crippen LogP contribution in [0.5, 0.6) is 0 Å². The summed E-state index contributed by atoms with van der Waals surface area (Å²) in [5.41, 5.74) is -0.180. The molecule has 1 aromatic rings. The zero-order valence-electron chi connectivity index (χ0n) is 9.93. The number of rotatable bonds is 5. The second kappa shape index (κ2) is 6.96. The molecule has 0 fully saturated rings. The zero-order chi connectivity index (χ0) is 13.5. The molecule has 0 aliphatic rings. The first-order valence-corrected chi connectivity index (χ1v) is 5.93. The summed E-state index contributed by atoms with van der Waals surface area (Å²) >= 11 is 5.74. The van der Waals surface area contributed by atoms with Crippen LogP contribution in [0.2, 0.25) is 5.02 Å². The molecule has 0 heterocycles. The third-order valence-electron chi connectivity index (χ3n) is 2.24. The molecule has 2 N–H and O–H groups in total.